The van der Waals surface area contributed by atoms with Gasteiger partial charge in [-0.3, -0.25) is 9.59 Å². The van der Waals surface area contributed by atoms with Gasteiger partial charge in [-0.15, -0.1) is 11.3 Å². The molecule has 0 saturated heterocycles. The normalized spacial score (nSPS) is 10.3. The van der Waals surface area contributed by atoms with E-state index in [4.69, 9.17) is 11.5 Å². The quantitative estimate of drug-likeness (QED) is 0.621. The molecule has 0 atom stereocenters. The van der Waals surface area contributed by atoms with Crippen LogP contribution in [0.2, 0.25) is 0 Å². The van der Waals surface area contributed by atoms with E-state index in [9.17, 15) is 9.59 Å². The van der Waals surface area contributed by atoms with Crippen LogP contribution >= 0.6 is 11.3 Å². The van der Waals surface area contributed by atoms with Crippen LogP contribution in [0.4, 0.5) is 16.4 Å². The van der Waals surface area contributed by atoms with Crippen LogP contribution in [0.3, 0.4) is 0 Å². The average Bonchev–Trinajstić information content (AvgIpc) is 2.92. The summed E-state index contributed by atoms with van der Waals surface area (Å²) >= 11 is 1.13. The Morgan fingerprint density at radius 1 is 0.917 bits per heavy atom. The maximum absolute atomic E-state index is 12.7. The highest BCUT2D eigenvalue weighted by Crippen LogP contribution is 2.38. The van der Waals surface area contributed by atoms with Gasteiger partial charge < -0.3 is 16.8 Å². The Morgan fingerprint density at radius 3 is 2.08 bits per heavy atom. The number of ketones is 1. The van der Waals surface area contributed by atoms with E-state index in [2.05, 4.69) is 5.32 Å². The Labute approximate surface area is 142 Å². The third kappa shape index (κ3) is 3.00. The Hall–Kier alpha value is -3.12. The molecule has 5 N–H and O–H groups in total. The molecule has 2 aromatic carbocycles. The predicted molar refractivity (Wildman–Crippen MR) is 96.8 cm³/mol. The fourth-order valence-electron chi connectivity index (χ4n) is 2.32. The monoisotopic (exact) mass is 337 g/mol. The van der Waals surface area contributed by atoms with E-state index in [1.807, 2.05) is 36.4 Å². The number of carbonyl (C=O) groups excluding carboxylic acids is 2. The first kappa shape index (κ1) is 15.8. The van der Waals surface area contributed by atoms with E-state index < -0.39 is 5.91 Å². The summed E-state index contributed by atoms with van der Waals surface area (Å²) in [6, 6.07) is 18.1. The van der Waals surface area contributed by atoms with Crippen molar-refractivity contribution in [3.05, 3.63) is 76.7 Å². The number of benzene rings is 2. The molecule has 0 aliphatic heterocycles. The SMILES string of the molecule is NC(=O)c1c(Nc2ccccc2)sc(C(=O)c2ccccc2)c1N. The van der Waals surface area contributed by atoms with Crippen LogP contribution in [0.25, 0.3) is 0 Å². The van der Waals surface area contributed by atoms with Crippen LogP contribution in [-0.4, -0.2) is 11.7 Å². The van der Waals surface area contributed by atoms with Gasteiger partial charge in [-0.2, -0.15) is 0 Å². The molecule has 1 heterocycles. The fourth-order valence-corrected chi connectivity index (χ4v) is 3.43. The van der Waals surface area contributed by atoms with Gasteiger partial charge in [0.1, 0.15) is 9.88 Å². The summed E-state index contributed by atoms with van der Waals surface area (Å²) in [6.45, 7) is 0. The molecule has 5 nitrogen and oxygen atoms in total. The molecule has 1 amide bonds. The van der Waals surface area contributed by atoms with Crippen molar-refractivity contribution >= 4 is 39.4 Å². The lowest BCUT2D eigenvalue weighted by Gasteiger charge is -2.05. The second-order valence-corrected chi connectivity index (χ2v) is 6.12. The minimum absolute atomic E-state index is 0.111. The molecule has 0 saturated carbocycles. The van der Waals surface area contributed by atoms with Gasteiger partial charge in [-0.1, -0.05) is 48.5 Å². The molecule has 24 heavy (non-hydrogen) atoms. The summed E-state index contributed by atoms with van der Waals surface area (Å²) in [7, 11) is 0. The average molecular weight is 337 g/mol. The molecule has 0 aliphatic carbocycles. The zero-order valence-electron chi connectivity index (χ0n) is 12.7. The number of carbonyl (C=O) groups is 2. The lowest BCUT2D eigenvalue weighted by molar-refractivity contribution is 0.100. The predicted octanol–water partition coefficient (Wildman–Crippen LogP) is 3.40. The first-order chi connectivity index (χ1) is 11.6. The van der Waals surface area contributed by atoms with Gasteiger partial charge in [-0.25, -0.2) is 0 Å². The largest absolute Gasteiger partial charge is 0.397 e. The van der Waals surface area contributed by atoms with Crippen LogP contribution in [0, 0.1) is 0 Å². The van der Waals surface area contributed by atoms with E-state index >= 15 is 0 Å². The van der Waals surface area contributed by atoms with Crippen LogP contribution < -0.4 is 16.8 Å². The highest BCUT2D eigenvalue weighted by atomic mass is 32.1. The molecular weight excluding hydrogens is 322 g/mol. The minimum atomic E-state index is -0.672. The van der Waals surface area contributed by atoms with Gasteiger partial charge in [0.05, 0.1) is 11.3 Å². The van der Waals surface area contributed by atoms with E-state index in [0.29, 0.717) is 15.4 Å². The number of nitrogens with two attached hydrogens (primary N) is 2. The van der Waals surface area contributed by atoms with Crippen LogP contribution in [-0.2, 0) is 0 Å². The number of nitrogens with one attached hydrogen (secondary N) is 1. The maximum atomic E-state index is 12.7. The van der Waals surface area contributed by atoms with Crippen molar-refractivity contribution in [1.29, 1.82) is 0 Å². The molecule has 0 aliphatic rings. The summed E-state index contributed by atoms with van der Waals surface area (Å²) in [5.74, 6) is -0.906. The molecule has 0 spiro atoms. The van der Waals surface area contributed by atoms with Crippen molar-refractivity contribution in [2.24, 2.45) is 5.73 Å². The number of primary amides is 1. The first-order valence-electron chi connectivity index (χ1n) is 7.22. The van der Waals surface area contributed by atoms with Crippen LogP contribution in [0.1, 0.15) is 25.6 Å². The number of anilines is 3. The minimum Gasteiger partial charge on any atom is -0.397 e. The molecule has 0 unspecified atom stereocenters. The molecular formula is C18H15N3O2S. The summed E-state index contributed by atoms with van der Waals surface area (Å²) in [6.07, 6.45) is 0. The van der Waals surface area contributed by atoms with Crippen LogP contribution in [0.5, 0.6) is 0 Å². The topological polar surface area (TPSA) is 98.2 Å². The standard InChI is InChI=1S/C18H15N3O2S/c19-14-13(17(20)23)18(21-12-9-5-2-6-10-12)24-16(14)15(22)11-7-3-1-4-8-11/h1-10,21H,19H2,(H2,20,23). The molecule has 0 fully saturated rings. The highest BCUT2D eigenvalue weighted by Gasteiger charge is 2.25. The van der Waals surface area contributed by atoms with Gasteiger partial charge in [-0.05, 0) is 12.1 Å². The van der Waals surface area contributed by atoms with Gasteiger partial charge in [0, 0.05) is 11.3 Å². The van der Waals surface area contributed by atoms with Crippen molar-refractivity contribution < 1.29 is 9.59 Å². The third-order valence-corrected chi connectivity index (χ3v) is 4.59. The first-order valence-corrected chi connectivity index (χ1v) is 8.03. The molecule has 0 radical (unpaired) electrons. The van der Waals surface area contributed by atoms with Crippen LogP contribution in [0.15, 0.2) is 60.7 Å². The zero-order valence-corrected chi connectivity index (χ0v) is 13.5. The molecule has 3 rings (SSSR count). The van der Waals surface area contributed by atoms with Crippen molar-refractivity contribution in [2.45, 2.75) is 0 Å². The molecule has 120 valence electrons. The summed E-state index contributed by atoms with van der Waals surface area (Å²) in [5.41, 5.74) is 13.0. The van der Waals surface area contributed by atoms with E-state index in [1.165, 1.54) is 0 Å². The Bertz CT molecular complexity index is 889. The van der Waals surface area contributed by atoms with Gasteiger partial charge in [0.15, 0.2) is 0 Å². The van der Waals surface area contributed by atoms with Crippen molar-refractivity contribution in [1.82, 2.24) is 0 Å². The number of para-hydroxylation sites is 1. The van der Waals surface area contributed by atoms with Gasteiger partial charge in [0.25, 0.3) is 5.91 Å². The summed E-state index contributed by atoms with van der Waals surface area (Å²) < 4.78 is 0. The van der Waals surface area contributed by atoms with Gasteiger partial charge in [0.2, 0.25) is 5.78 Å². The molecule has 0 bridgehead atoms. The lowest BCUT2D eigenvalue weighted by Crippen LogP contribution is -2.14. The maximum Gasteiger partial charge on any atom is 0.253 e. The molecule has 6 heteroatoms. The summed E-state index contributed by atoms with van der Waals surface area (Å²) in [4.78, 5) is 24.8. The number of hydrogen-bond acceptors (Lipinski definition) is 5. The molecule has 1 aromatic heterocycles. The second-order valence-electron chi connectivity index (χ2n) is 5.10. The molecule has 3 aromatic rings. The van der Waals surface area contributed by atoms with Gasteiger partial charge >= 0.3 is 0 Å². The number of nitrogen functional groups attached to an aromatic ring is 1. The van der Waals surface area contributed by atoms with E-state index in [-0.39, 0.29) is 17.0 Å². The Balaban J connectivity index is 2.04. The Morgan fingerprint density at radius 2 is 1.50 bits per heavy atom. The van der Waals surface area contributed by atoms with E-state index in [0.717, 1.165) is 17.0 Å². The second kappa shape index (κ2) is 6.55. The lowest BCUT2D eigenvalue weighted by atomic mass is 10.1. The zero-order chi connectivity index (χ0) is 17.1. The van der Waals surface area contributed by atoms with Crippen molar-refractivity contribution in [3.8, 4) is 0 Å². The number of amides is 1. The number of hydrogen-bond donors (Lipinski definition) is 3. The third-order valence-electron chi connectivity index (χ3n) is 3.47. The van der Waals surface area contributed by atoms with Crippen molar-refractivity contribution in [3.63, 3.8) is 0 Å². The fraction of sp³-hybridized carbons (Fsp3) is 0. The smallest absolute Gasteiger partial charge is 0.253 e. The number of rotatable bonds is 5. The summed E-state index contributed by atoms with van der Waals surface area (Å²) in [5, 5.41) is 3.57. The van der Waals surface area contributed by atoms with Crippen molar-refractivity contribution in [2.75, 3.05) is 11.1 Å². The number of thiophene rings is 1. The Kier molecular flexibility index (Phi) is 4.31. The highest BCUT2D eigenvalue weighted by molar-refractivity contribution is 7.19. The van der Waals surface area contributed by atoms with E-state index in [1.54, 1.807) is 24.3 Å².